The zero-order valence-electron chi connectivity index (χ0n) is 19.9. The van der Waals surface area contributed by atoms with Gasteiger partial charge < -0.3 is 0 Å². The summed E-state index contributed by atoms with van der Waals surface area (Å²) in [4.78, 5) is 0.156. The summed E-state index contributed by atoms with van der Waals surface area (Å²) < 4.78 is 20.2. The van der Waals surface area contributed by atoms with Crippen LogP contribution in [-0.2, 0) is 9.47 Å². The molecule has 0 bridgehead atoms. The summed E-state index contributed by atoms with van der Waals surface area (Å²) in [6.07, 6.45) is 3.75. The standard InChI is InChI=1S/C27H37NO3Se/c1-18-15-16-21-23(17-18)31-26(28-27(21,2)3)25(32-19-11-7-6-8-12-19)24(30-5)20-13-9-10-14-22(20)29-4/h6-14,18,21,23-26,28H,15-17H2,1-5H3/t18-,21-,23-,24+,25+,26+/m1/s1. The van der Waals surface area contributed by atoms with E-state index < -0.39 is 0 Å². The molecule has 174 valence electrons. The van der Waals surface area contributed by atoms with E-state index in [2.05, 4.69) is 68.6 Å². The molecule has 0 aromatic heterocycles. The van der Waals surface area contributed by atoms with Gasteiger partial charge >= 0.3 is 200 Å². The van der Waals surface area contributed by atoms with Gasteiger partial charge in [0.15, 0.2) is 0 Å². The van der Waals surface area contributed by atoms with E-state index in [1.807, 2.05) is 19.2 Å². The average Bonchev–Trinajstić information content (AvgIpc) is 2.79. The van der Waals surface area contributed by atoms with E-state index in [9.17, 15) is 0 Å². The Hall–Kier alpha value is -1.36. The number of hydrogen-bond donors (Lipinski definition) is 1. The molecule has 1 heterocycles. The van der Waals surface area contributed by atoms with Gasteiger partial charge in [-0.25, -0.2) is 0 Å². The quantitative estimate of drug-likeness (QED) is 0.556. The average molecular weight is 503 g/mol. The second-order valence-corrected chi connectivity index (χ2v) is 12.4. The Morgan fingerprint density at radius 2 is 1.75 bits per heavy atom. The van der Waals surface area contributed by atoms with Crippen molar-refractivity contribution >= 4 is 19.4 Å². The van der Waals surface area contributed by atoms with Crippen molar-refractivity contribution in [1.82, 2.24) is 5.32 Å². The first-order valence-corrected chi connectivity index (χ1v) is 13.6. The van der Waals surface area contributed by atoms with Crippen molar-refractivity contribution in [2.24, 2.45) is 11.8 Å². The van der Waals surface area contributed by atoms with Crippen LogP contribution >= 0.6 is 0 Å². The molecule has 32 heavy (non-hydrogen) atoms. The van der Waals surface area contributed by atoms with Crippen molar-refractivity contribution in [2.45, 2.75) is 68.8 Å². The number of ether oxygens (including phenoxy) is 3. The minimum absolute atomic E-state index is 0.0256. The Kier molecular flexibility index (Phi) is 7.64. The van der Waals surface area contributed by atoms with Crippen molar-refractivity contribution < 1.29 is 14.2 Å². The van der Waals surface area contributed by atoms with Gasteiger partial charge in [-0.2, -0.15) is 0 Å². The predicted octanol–water partition coefficient (Wildman–Crippen LogP) is 4.73. The van der Waals surface area contributed by atoms with E-state index >= 15 is 0 Å². The molecule has 4 nitrogen and oxygen atoms in total. The first-order chi connectivity index (χ1) is 15.4. The van der Waals surface area contributed by atoms with E-state index in [0.717, 1.165) is 23.7 Å². The monoisotopic (exact) mass is 503 g/mol. The van der Waals surface area contributed by atoms with Crippen LogP contribution in [0.15, 0.2) is 54.6 Å². The van der Waals surface area contributed by atoms with Crippen molar-refractivity contribution in [3.8, 4) is 5.75 Å². The molecule has 2 aromatic rings. The molecule has 6 atom stereocenters. The SMILES string of the molecule is COc1ccccc1[C@H](OC)[C@H]([Se]c1ccccc1)[C@H]1NC(C)(C)[C@@H]2CC[C@@H](C)C[C@H]2O1. The van der Waals surface area contributed by atoms with Gasteiger partial charge in [0.2, 0.25) is 0 Å². The van der Waals surface area contributed by atoms with Crippen LogP contribution in [0.2, 0.25) is 4.82 Å². The molecule has 0 amide bonds. The van der Waals surface area contributed by atoms with Gasteiger partial charge in [0.1, 0.15) is 0 Å². The molecule has 1 N–H and O–H groups in total. The maximum absolute atomic E-state index is 6.89. The fourth-order valence-electron chi connectivity index (χ4n) is 5.44. The van der Waals surface area contributed by atoms with E-state index in [0.29, 0.717) is 12.0 Å². The van der Waals surface area contributed by atoms with E-state index in [1.165, 1.54) is 17.3 Å². The number of hydrogen-bond acceptors (Lipinski definition) is 4. The van der Waals surface area contributed by atoms with Gasteiger partial charge in [-0.15, -0.1) is 0 Å². The van der Waals surface area contributed by atoms with Crippen LogP contribution in [0.3, 0.4) is 0 Å². The topological polar surface area (TPSA) is 39.7 Å². The predicted molar refractivity (Wildman–Crippen MR) is 131 cm³/mol. The molecule has 0 radical (unpaired) electrons. The number of nitrogens with one attached hydrogen (secondary N) is 1. The second kappa shape index (κ2) is 10.3. The third-order valence-corrected chi connectivity index (χ3v) is 9.88. The Morgan fingerprint density at radius 3 is 2.47 bits per heavy atom. The Morgan fingerprint density at radius 1 is 1.03 bits per heavy atom. The van der Waals surface area contributed by atoms with Crippen LogP contribution in [0.4, 0.5) is 0 Å². The van der Waals surface area contributed by atoms with Crippen LogP contribution in [0, 0.1) is 11.8 Å². The van der Waals surface area contributed by atoms with Gasteiger partial charge in [0.05, 0.1) is 0 Å². The molecular formula is C27H37NO3Se. The Bertz CT molecular complexity index is 874. The Balaban J connectivity index is 1.70. The Labute approximate surface area is 199 Å². The molecule has 2 aromatic carbocycles. The van der Waals surface area contributed by atoms with Crippen molar-refractivity contribution in [1.29, 1.82) is 0 Å². The van der Waals surface area contributed by atoms with Gasteiger partial charge in [-0.3, -0.25) is 0 Å². The summed E-state index contributed by atoms with van der Waals surface area (Å²) in [6, 6.07) is 19.0. The van der Waals surface area contributed by atoms with Crippen LogP contribution < -0.4 is 14.5 Å². The van der Waals surface area contributed by atoms with E-state index in [4.69, 9.17) is 14.2 Å². The summed E-state index contributed by atoms with van der Waals surface area (Å²) in [5, 5.41) is 3.92. The van der Waals surface area contributed by atoms with Crippen LogP contribution in [0.1, 0.15) is 51.7 Å². The summed E-state index contributed by atoms with van der Waals surface area (Å²) in [7, 11) is 3.54. The van der Waals surface area contributed by atoms with Crippen LogP contribution in [-0.4, -0.2) is 47.0 Å². The molecular weight excluding hydrogens is 465 g/mol. The summed E-state index contributed by atoms with van der Waals surface area (Å²) >= 11 is 0.143. The molecule has 2 fully saturated rings. The molecule has 1 aliphatic carbocycles. The molecule has 0 spiro atoms. The minimum atomic E-state index is -0.128. The maximum atomic E-state index is 6.89. The summed E-state index contributed by atoms with van der Waals surface area (Å²) in [5.41, 5.74) is 1.11. The first kappa shape index (κ1) is 23.8. The number of methoxy groups -OCH3 is 2. The fraction of sp³-hybridized carbons (Fsp3) is 0.556. The molecule has 2 aliphatic rings. The molecule has 4 rings (SSSR count). The van der Waals surface area contributed by atoms with E-state index in [-0.39, 0.29) is 37.6 Å². The summed E-state index contributed by atoms with van der Waals surface area (Å²) in [6.45, 7) is 7.07. The third-order valence-electron chi connectivity index (χ3n) is 7.13. The van der Waals surface area contributed by atoms with Gasteiger partial charge in [-0.05, 0) is 0 Å². The van der Waals surface area contributed by atoms with Crippen LogP contribution in [0.25, 0.3) is 0 Å². The van der Waals surface area contributed by atoms with Crippen molar-refractivity contribution in [3.05, 3.63) is 60.2 Å². The number of rotatable bonds is 7. The molecule has 1 aliphatic heterocycles. The van der Waals surface area contributed by atoms with Crippen molar-refractivity contribution in [3.63, 3.8) is 0 Å². The normalized spacial score (nSPS) is 29.0. The molecule has 0 unspecified atom stereocenters. The molecule has 5 heteroatoms. The zero-order chi connectivity index (χ0) is 22.7. The van der Waals surface area contributed by atoms with Crippen molar-refractivity contribution in [2.75, 3.05) is 14.2 Å². The second-order valence-electron chi connectivity index (χ2n) is 9.78. The fourth-order valence-corrected chi connectivity index (χ4v) is 8.09. The molecule has 1 saturated heterocycles. The number of fused-ring (bicyclic) bond motifs is 1. The summed E-state index contributed by atoms with van der Waals surface area (Å²) in [5.74, 6) is 2.14. The van der Waals surface area contributed by atoms with E-state index in [1.54, 1.807) is 7.11 Å². The molecule has 1 saturated carbocycles. The van der Waals surface area contributed by atoms with Gasteiger partial charge in [0, 0.05) is 0 Å². The zero-order valence-corrected chi connectivity index (χ0v) is 21.6. The third kappa shape index (κ3) is 5.08. The van der Waals surface area contributed by atoms with Crippen LogP contribution in [0.5, 0.6) is 5.75 Å². The van der Waals surface area contributed by atoms with Gasteiger partial charge in [0.25, 0.3) is 0 Å². The first-order valence-electron chi connectivity index (χ1n) is 11.7. The number of benzene rings is 2. The number of para-hydroxylation sites is 1. The van der Waals surface area contributed by atoms with Gasteiger partial charge in [-0.1, -0.05) is 0 Å².